The molecule has 0 aromatic heterocycles. The molecule has 0 radical (unpaired) electrons. The highest BCUT2D eigenvalue weighted by molar-refractivity contribution is 6.71. The molecule has 2 N–H and O–H groups in total. The van der Waals surface area contributed by atoms with E-state index < -0.39 is 31.5 Å². The molecule has 0 unspecified atom stereocenters. The summed E-state index contributed by atoms with van der Waals surface area (Å²) >= 11 is 0. The molecule has 3 aliphatic rings. The molecule has 8 rings (SSSR count). The summed E-state index contributed by atoms with van der Waals surface area (Å²) in [5.41, 5.74) is 3.77. The van der Waals surface area contributed by atoms with Crippen LogP contribution in [0.4, 0.5) is 17.1 Å². The third kappa shape index (κ3) is 5.77. The predicted molar refractivity (Wildman–Crippen MR) is 207 cm³/mol. The van der Waals surface area contributed by atoms with Crippen molar-refractivity contribution in [3.8, 4) is 0 Å². The number of anilines is 3. The van der Waals surface area contributed by atoms with Crippen molar-refractivity contribution in [2.24, 2.45) is 5.92 Å². The molecule has 0 saturated carbocycles. The molecule has 3 amide bonds. The predicted octanol–water partition coefficient (Wildman–Crippen LogP) is 6.89. The average molecular weight is 726 g/mol. The number of aliphatic hydroxyl groups excluding tert-OH is 1. The van der Waals surface area contributed by atoms with Crippen molar-refractivity contribution >= 4 is 53.9 Å². The standard InChI is InChI=1S/C43H43N3O6Si/c1-28-40(53(2,3)51)37(25-38(48)44(23-24-47)26-29-11-5-4-6-12-29)52-43(28)34-16-7-8-17-35(34)45(42(43)50)27-30-19-21-32(22-20-30)46-36-18-10-14-31-13-9-15-33(39(31)36)41(46)49/h4-22,28,37,40,47,51H,23-27H2,1-3H3/t28-,37+,40-,43+/m0/s1. The summed E-state index contributed by atoms with van der Waals surface area (Å²) in [5, 5.41) is 11.8. The second-order valence-corrected chi connectivity index (χ2v) is 19.0. The average Bonchev–Trinajstić information content (AvgIpc) is 3.70. The van der Waals surface area contributed by atoms with Gasteiger partial charge in [0.15, 0.2) is 13.9 Å². The number of amides is 3. The van der Waals surface area contributed by atoms with Gasteiger partial charge in [0.05, 0.1) is 42.6 Å². The van der Waals surface area contributed by atoms with E-state index in [1.165, 1.54) is 0 Å². The van der Waals surface area contributed by atoms with Crippen LogP contribution >= 0.6 is 0 Å². The number of hydrogen-bond acceptors (Lipinski definition) is 6. The quantitative estimate of drug-likeness (QED) is 0.152. The first kappa shape index (κ1) is 34.9. The van der Waals surface area contributed by atoms with Crippen LogP contribution in [0.3, 0.4) is 0 Å². The van der Waals surface area contributed by atoms with Gasteiger partial charge in [-0.05, 0) is 59.9 Å². The largest absolute Gasteiger partial charge is 0.432 e. The zero-order chi connectivity index (χ0) is 37.1. The van der Waals surface area contributed by atoms with Gasteiger partial charge >= 0.3 is 0 Å². The molecule has 3 aliphatic heterocycles. The summed E-state index contributed by atoms with van der Waals surface area (Å²) in [6.45, 7) is 6.24. The fourth-order valence-electron chi connectivity index (χ4n) is 9.01. The van der Waals surface area contributed by atoms with Crippen LogP contribution in [-0.2, 0) is 33.0 Å². The number of carbonyl (C=O) groups is 3. The number of rotatable bonds is 10. The fraction of sp³-hybridized carbons (Fsp3) is 0.279. The van der Waals surface area contributed by atoms with Crippen molar-refractivity contribution in [1.29, 1.82) is 0 Å². The van der Waals surface area contributed by atoms with Crippen molar-refractivity contribution in [2.75, 3.05) is 23.0 Å². The Labute approximate surface area is 310 Å². The topological polar surface area (TPSA) is 111 Å². The maximum atomic E-state index is 14.9. The van der Waals surface area contributed by atoms with E-state index in [0.717, 1.165) is 44.5 Å². The number of aliphatic hydroxyl groups is 1. The molecule has 1 spiro atoms. The van der Waals surface area contributed by atoms with Gasteiger partial charge in [0.1, 0.15) is 0 Å². The van der Waals surface area contributed by atoms with Crippen LogP contribution in [0.2, 0.25) is 18.6 Å². The Hall–Kier alpha value is -5.13. The van der Waals surface area contributed by atoms with E-state index in [4.69, 9.17) is 4.74 Å². The van der Waals surface area contributed by atoms with Crippen molar-refractivity contribution in [3.63, 3.8) is 0 Å². The summed E-state index contributed by atoms with van der Waals surface area (Å²) in [7, 11) is -3.00. The smallest absolute Gasteiger partial charge is 0.264 e. The molecule has 0 aliphatic carbocycles. The Bertz CT molecular complexity index is 2220. The van der Waals surface area contributed by atoms with Crippen molar-refractivity contribution in [3.05, 3.63) is 138 Å². The van der Waals surface area contributed by atoms with Crippen LogP contribution in [0.1, 0.15) is 40.4 Å². The van der Waals surface area contributed by atoms with Gasteiger partial charge in [0.25, 0.3) is 11.8 Å². The molecule has 4 atom stereocenters. The zero-order valence-corrected chi connectivity index (χ0v) is 31.1. The molecule has 0 bridgehead atoms. The molecular weight excluding hydrogens is 683 g/mol. The lowest BCUT2D eigenvalue weighted by Crippen LogP contribution is -2.46. The van der Waals surface area contributed by atoms with Crippen LogP contribution in [-0.4, -0.2) is 60.1 Å². The van der Waals surface area contributed by atoms with E-state index in [2.05, 4.69) is 0 Å². The van der Waals surface area contributed by atoms with Gasteiger partial charge in [-0.2, -0.15) is 0 Å². The number of hydrogen-bond donors (Lipinski definition) is 2. The van der Waals surface area contributed by atoms with Crippen LogP contribution in [0.25, 0.3) is 10.8 Å². The zero-order valence-electron chi connectivity index (χ0n) is 30.1. The third-order valence-electron chi connectivity index (χ3n) is 11.3. The number of benzene rings is 5. The van der Waals surface area contributed by atoms with E-state index >= 15 is 0 Å². The van der Waals surface area contributed by atoms with Gasteiger partial charge in [0.2, 0.25) is 5.91 Å². The Balaban J connectivity index is 1.07. The molecule has 1 saturated heterocycles. The van der Waals surface area contributed by atoms with E-state index in [9.17, 15) is 24.3 Å². The number of ether oxygens (including phenoxy) is 1. The van der Waals surface area contributed by atoms with Gasteiger partial charge in [-0.25, -0.2) is 0 Å². The van der Waals surface area contributed by atoms with Crippen LogP contribution in [0, 0.1) is 5.92 Å². The lowest BCUT2D eigenvalue weighted by molar-refractivity contribution is -0.150. The Morgan fingerprint density at radius 1 is 0.849 bits per heavy atom. The highest BCUT2D eigenvalue weighted by atomic mass is 28.4. The second kappa shape index (κ2) is 13.4. The summed E-state index contributed by atoms with van der Waals surface area (Å²) < 4.78 is 6.90. The molecule has 3 heterocycles. The van der Waals surface area contributed by atoms with E-state index in [1.807, 2.05) is 135 Å². The van der Waals surface area contributed by atoms with Crippen molar-refractivity contribution in [2.45, 2.75) is 56.8 Å². The lowest BCUT2D eigenvalue weighted by atomic mass is 9.82. The van der Waals surface area contributed by atoms with Gasteiger partial charge in [0, 0.05) is 41.2 Å². The molecule has 1 fully saturated rings. The van der Waals surface area contributed by atoms with E-state index in [0.29, 0.717) is 12.1 Å². The van der Waals surface area contributed by atoms with Crippen LogP contribution < -0.4 is 9.80 Å². The normalized spacial score (nSPS) is 21.9. The minimum absolute atomic E-state index is 0.0235. The Kier molecular flexibility index (Phi) is 8.81. The van der Waals surface area contributed by atoms with E-state index in [-0.39, 0.29) is 43.8 Å². The van der Waals surface area contributed by atoms with E-state index in [1.54, 1.807) is 14.7 Å². The summed E-state index contributed by atoms with van der Waals surface area (Å²) in [5.74, 6) is -0.910. The molecule has 5 aromatic rings. The molecule has 10 heteroatoms. The number of para-hydroxylation sites is 1. The highest BCUT2D eigenvalue weighted by Gasteiger charge is 2.66. The molecule has 53 heavy (non-hydrogen) atoms. The first-order valence-corrected chi connectivity index (χ1v) is 21.2. The van der Waals surface area contributed by atoms with Gasteiger partial charge in [-0.3, -0.25) is 19.3 Å². The third-order valence-corrected chi connectivity index (χ3v) is 13.8. The fourth-order valence-corrected chi connectivity index (χ4v) is 11.6. The van der Waals surface area contributed by atoms with Crippen LogP contribution in [0.5, 0.6) is 0 Å². The summed E-state index contributed by atoms with van der Waals surface area (Å²) in [6.07, 6.45) is -0.728. The summed E-state index contributed by atoms with van der Waals surface area (Å²) in [4.78, 5) is 59.2. The Morgan fingerprint density at radius 3 is 2.25 bits per heavy atom. The van der Waals surface area contributed by atoms with Crippen LogP contribution in [0.15, 0.2) is 115 Å². The maximum Gasteiger partial charge on any atom is 0.264 e. The number of carbonyl (C=O) groups excluding carboxylic acids is 3. The number of nitrogens with zero attached hydrogens (tertiary/aromatic N) is 3. The maximum absolute atomic E-state index is 14.9. The minimum Gasteiger partial charge on any atom is -0.432 e. The molecule has 9 nitrogen and oxygen atoms in total. The molecule has 270 valence electrons. The van der Waals surface area contributed by atoms with Crippen molar-refractivity contribution < 1.29 is 29.0 Å². The van der Waals surface area contributed by atoms with Gasteiger partial charge in [-0.1, -0.05) is 91.9 Å². The highest BCUT2D eigenvalue weighted by Crippen LogP contribution is 2.59. The van der Waals surface area contributed by atoms with Gasteiger partial charge in [-0.15, -0.1) is 0 Å². The lowest BCUT2D eigenvalue weighted by Gasteiger charge is -2.32. The SMILES string of the molecule is C[C@H]1[C@H]([Si](C)(C)O)[C@@H](CC(=O)N(CCO)Cc2ccccc2)O[C@]12C(=O)N(Cc1ccc(N3C(=O)c4cccc5cccc3c45)cc1)c1ccccc12. The van der Waals surface area contributed by atoms with Crippen molar-refractivity contribution in [1.82, 2.24) is 4.90 Å². The first-order valence-electron chi connectivity index (χ1n) is 18.2. The number of fused-ring (bicyclic) bond motifs is 2. The summed E-state index contributed by atoms with van der Waals surface area (Å²) in [6, 6.07) is 36.7. The monoisotopic (exact) mass is 725 g/mol. The Morgan fingerprint density at radius 2 is 1.53 bits per heavy atom. The second-order valence-electron chi connectivity index (χ2n) is 15.0. The minimum atomic E-state index is -3.00. The van der Waals surface area contributed by atoms with Gasteiger partial charge < -0.3 is 24.4 Å². The molecular formula is C43H43N3O6Si. The first-order chi connectivity index (χ1) is 25.5. The molecule has 5 aromatic carbocycles.